The lowest BCUT2D eigenvalue weighted by Gasteiger charge is -2.29. The molecule has 0 atom stereocenters. The summed E-state index contributed by atoms with van der Waals surface area (Å²) in [6.07, 6.45) is 1.96. The lowest BCUT2D eigenvalue weighted by Crippen LogP contribution is -2.47. The molecule has 0 radical (unpaired) electrons. The number of rotatable bonds is 6. The monoisotopic (exact) mass is 338 g/mol. The highest BCUT2D eigenvalue weighted by atomic mass is 15.0. The number of nitrogens with two attached hydrogens (primary N) is 2. The van der Waals surface area contributed by atoms with Crippen LogP contribution >= 0.6 is 0 Å². The van der Waals surface area contributed by atoms with Crippen LogP contribution in [0.4, 0.5) is 0 Å². The Bertz CT molecular complexity index is 665. The summed E-state index contributed by atoms with van der Waals surface area (Å²) in [5.41, 5.74) is 19.6. The highest BCUT2D eigenvalue weighted by Gasteiger charge is 2.27. The van der Waals surface area contributed by atoms with Crippen molar-refractivity contribution in [3.8, 4) is 0 Å². The second kappa shape index (κ2) is 7.72. The largest absolute Gasteiger partial charge is 0.306 e. The molecule has 0 saturated carbocycles. The fraction of sp³-hybridized carbons (Fsp3) is 0.478. The van der Waals surface area contributed by atoms with Gasteiger partial charge in [0.15, 0.2) is 0 Å². The minimum Gasteiger partial charge on any atom is -0.306 e. The molecular weight excluding hydrogens is 304 g/mol. The van der Waals surface area contributed by atoms with Crippen molar-refractivity contribution in [2.24, 2.45) is 11.5 Å². The van der Waals surface area contributed by atoms with E-state index in [4.69, 9.17) is 11.5 Å². The van der Waals surface area contributed by atoms with Gasteiger partial charge in [-0.25, -0.2) is 0 Å². The van der Waals surface area contributed by atoms with E-state index in [0.717, 1.165) is 24.0 Å². The molecule has 0 amide bonds. The van der Waals surface area contributed by atoms with Crippen LogP contribution in [-0.4, -0.2) is 0 Å². The fourth-order valence-electron chi connectivity index (χ4n) is 3.16. The van der Waals surface area contributed by atoms with Gasteiger partial charge in [0.25, 0.3) is 0 Å². The van der Waals surface area contributed by atoms with Gasteiger partial charge in [-0.15, -0.1) is 0 Å². The molecule has 0 saturated heterocycles. The van der Waals surface area contributed by atoms with E-state index in [1.807, 2.05) is 0 Å². The van der Waals surface area contributed by atoms with Gasteiger partial charge in [0.1, 0.15) is 5.66 Å². The first kappa shape index (κ1) is 19.7. The van der Waals surface area contributed by atoms with Crippen molar-refractivity contribution in [2.45, 2.75) is 71.9 Å². The summed E-state index contributed by atoms with van der Waals surface area (Å²) in [5.74, 6) is 0.906. The van der Waals surface area contributed by atoms with Crippen molar-refractivity contribution in [1.29, 1.82) is 0 Å². The third kappa shape index (κ3) is 4.31. The molecule has 0 unspecified atom stereocenters. The Balaban J connectivity index is 2.61. The van der Waals surface area contributed by atoms with E-state index in [1.165, 1.54) is 22.3 Å². The smallest absolute Gasteiger partial charge is 0.116 e. The van der Waals surface area contributed by atoms with Crippen molar-refractivity contribution in [2.75, 3.05) is 0 Å². The molecule has 0 aromatic heterocycles. The Hall–Kier alpha value is -1.64. The van der Waals surface area contributed by atoms with Crippen LogP contribution in [0, 0.1) is 0 Å². The van der Waals surface area contributed by atoms with Crippen molar-refractivity contribution in [3.63, 3.8) is 0 Å². The van der Waals surface area contributed by atoms with E-state index < -0.39 is 5.66 Å². The number of hydrogen-bond acceptors (Lipinski definition) is 2. The summed E-state index contributed by atoms with van der Waals surface area (Å²) in [6, 6.07) is 13.2. The molecule has 25 heavy (non-hydrogen) atoms. The van der Waals surface area contributed by atoms with Crippen LogP contribution < -0.4 is 11.5 Å². The van der Waals surface area contributed by atoms with Gasteiger partial charge in [-0.2, -0.15) is 0 Å². The SMILES string of the molecule is CCc1cc(C(C)C)cc(C(N)(N)c2cc(CC)cc(C(C)C)c2)c1. The van der Waals surface area contributed by atoms with E-state index >= 15 is 0 Å². The second-order valence-electron chi connectivity index (χ2n) is 7.81. The van der Waals surface area contributed by atoms with Crippen molar-refractivity contribution in [1.82, 2.24) is 0 Å². The third-order valence-corrected chi connectivity index (χ3v) is 5.14. The zero-order valence-electron chi connectivity index (χ0n) is 16.7. The highest BCUT2D eigenvalue weighted by molar-refractivity contribution is 5.45. The van der Waals surface area contributed by atoms with Crippen molar-refractivity contribution in [3.05, 3.63) is 69.8 Å². The standard InChI is InChI=1S/C23H34N2/c1-7-17-9-19(15(3)4)13-21(11-17)23(24,25)22-12-18(8-2)10-20(14-22)16(5)6/h9-16H,7-8,24-25H2,1-6H3. The lowest BCUT2D eigenvalue weighted by molar-refractivity contribution is 0.563. The van der Waals surface area contributed by atoms with Gasteiger partial charge < -0.3 is 11.5 Å². The average molecular weight is 339 g/mol. The van der Waals surface area contributed by atoms with Crippen LogP contribution in [0.1, 0.15) is 86.8 Å². The minimum atomic E-state index is -0.983. The van der Waals surface area contributed by atoms with Gasteiger partial charge >= 0.3 is 0 Å². The van der Waals surface area contributed by atoms with Crippen LogP contribution in [0.15, 0.2) is 36.4 Å². The Labute approximate surface area is 153 Å². The molecule has 2 nitrogen and oxygen atoms in total. The Morgan fingerprint density at radius 3 is 1.32 bits per heavy atom. The molecule has 2 aromatic carbocycles. The highest BCUT2D eigenvalue weighted by Crippen LogP contribution is 2.30. The molecular formula is C23H34N2. The first-order chi connectivity index (χ1) is 11.7. The topological polar surface area (TPSA) is 52.0 Å². The first-order valence-corrected chi connectivity index (χ1v) is 9.55. The molecule has 0 aliphatic heterocycles. The van der Waals surface area contributed by atoms with Crippen LogP contribution in [-0.2, 0) is 18.5 Å². The Morgan fingerprint density at radius 2 is 1.04 bits per heavy atom. The van der Waals surface area contributed by atoms with Crippen LogP contribution in [0.25, 0.3) is 0 Å². The predicted molar refractivity (Wildman–Crippen MR) is 109 cm³/mol. The fourth-order valence-corrected chi connectivity index (χ4v) is 3.16. The van der Waals surface area contributed by atoms with Gasteiger partial charge in [0.2, 0.25) is 0 Å². The maximum absolute atomic E-state index is 6.72. The molecule has 4 N–H and O–H groups in total. The number of benzene rings is 2. The first-order valence-electron chi connectivity index (χ1n) is 9.55. The summed E-state index contributed by atoms with van der Waals surface area (Å²) in [5, 5.41) is 0. The van der Waals surface area contributed by atoms with Crippen LogP contribution in [0.2, 0.25) is 0 Å². The van der Waals surface area contributed by atoms with E-state index in [0.29, 0.717) is 11.8 Å². The number of aryl methyl sites for hydroxylation is 2. The average Bonchev–Trinajstić information content (AvgIpc) is 2.60. The van der Waals surface area contributed by atoms with Gasteiger partial charge in [-0.05, 0) is 58.1 Å². The summed E-state index contributed by atoms with van der Waals surface area (Å²) < 4.78 is 0. The van der Waals surface area contributed by atoms with Gasteiger partial charge in [0.05, 0.1) is 0 Å². The van der Waals surface area contributed by atoms with Crippen molar-refractivity contribution >= 4 is 0 Å². The molecule has 0 heterocycles. The van der Waals surface area contributed by atoms with Crippen LogP contribution in [0.3, 0.4) is 0 Å². The van der Waals surface area contributed by atoms with Crippen LogP contribution in [0.5, 0.6) is 0 Å². The van der Waals surface area contributed by atoms with E-state index in [1.54, 1.807) is 0 Å². The summed E-state index contributed by atoms with van der Waals surface area (Å²) in [4.78, 5) is 0. The second-order valence-corrected chi connectivity index (χ2v) is 7.81. The van der Waals surface area contributed by atoms with Gasteiger partial charge in [0, 0.05) is 0 Å². The van der Waals surface area contributed by atoms with Gasteiger partial charge in [-0.3, -0.25) is 0 Å². The maximum atomic E-state index is 6.72. The molecule has 0 aliphatic carbocycles. The Morgan fingerprint density at radius 1 is 0.680 bits per heavy atom. The molecule has 0 aliphatic rings. The molecule has 2 aromatic rings. The predicted octanol–water partition coefficient (Wildman–Crippen LogP) is 5.18. The quantitative estimate of drug-likeness (QED) is 0.713. The zero-order valence-corrected chi connectivity index (χ0v) is 16.7. The maximum Gasteiger partial charge on any atom is 0.116 e. The summed E-state index contributed by atoms with van der Waals surface area (Å²) >= 11 is 0. The third-order valence-electron chi connectivity index (χ3n) is 5.14. The molecule has 2 heteroatoms. The molecule has 2 rings (SSSR count). The van der Waals surface area contributed by atoms with E-state index in [-0.39, 0.29) is 0 Å². The summed E-state index contributed by atoms with van der Waals surface area (Å²) in [7, 11) is 0. The summed E-state index contributed by atoms with van der Waals surface area (Å²) in [6.45, 7) is 13.2. The molecule has 0 fully saturated rings. The normalized spacial score (nSPS) is 12.2. The van der Waals surface area contributed by atoms with E-state index in [9.17, 15) is 0 Å². The molecule has 136 valence electrons. The van der Waals surface area contributed by atoms with E-state index in [2.05, 4.69) is 77.9 Å². The molecule has 0 spiro atoms. The van der Waals surface area contributed by atoms with Gasteiger partial charge in [-0.1, -0.05) is 77.9 Å². The molecule has 0 bridgehead atoms. The minimum absolute atomic E-state index is 0.453. The zero-order chi connectivity index (χ0) is 18.8. The Kier molecular flexibility index (Phi) is 6.08. The van der Waals surface area contributed by atoms with Crippen molar-refractivity contribution < 1.29 is 0 Å². The number of hydrogen-bond donors (Lipinski definition) is 2. The lowest BCUT2D eigenvalue weighted by atomic mass is 9.85.